The zero-order valence-electron chi connectivity index (χ0n) is 16.7. The Hall–Kier alpha value is -1.82. The van der Waals surface area contributed by atoms with E-state index in [0.29, 0.717) is 0 Å². The van der Waals surface area contributed by atoms with Gasteiger partial charge in [0.25, 0.3) is 0 Å². The maximum Gasteiger partial charge on any atom is 2.00 e. The third-order valence-electron chi connectivity index (χ3n) is 4.60. The predicted octanol–water partition coefficient (Wildman–Crippen LogP) is 7.18. The minimum atomic E-state index is 0. The summed E-state index contributed by atoms with van der Waals surface area (Å²) >= 11 is 0. The van der Waals surface area contributed by atoms with E-state index in [-0.39, 0.29) is 47.6 Å². The molecule has 152 valence electrons. The summed E-state index contributed by atoms with van der Waals surface area (Å²) in [5.41, 5.74) is 3.73. The summed E-state index contributed by atoms with van der Waals surface area (Å²) in [6.45, 7) is 8.31. The molecule has 0 radical (unpaired) electrons. The van der Waals surface area contributed by atoms with E-state index in [1.165, 1.54) is 16.3 Å². The molecule has 0 saturated carbocycles. The number of benzene rings is 2. The van der Waals surface area contributed by atoms with Crippen LogP contribution in [-0.4, -0.2) is 4.98 Å². The van der Waals surface area contributed by atoms with Gasteiger partial charge in [0, 0.05) is 11.9 Å². The zero-order valence-corrected chi connectivity index (χ0v) is 19.7. The Morgan fingerprint density at radius 2 is 1.45 bits per heavy atom. The molecule has 0 saturated heterocycles. The quantitative estimate of drug-likeness (QED) is 0.293. The van der Waals surface area contributed by atoms with Crippen molar-refractivity contribution in [3.05, 3.63) is 115 Å². The van der Waals surface area contributed by atoms with E-state index in [2.05, 4.69) is 74.3 Å². The third-order valence-corrected chi connectivity index (χ3v) is 4.60. The number of fused-ring (bicyclic) bond motifs is 1. The van der Waals surface area contributed by atoms with Crippen LogP contribution >= 0.6 is 24.8 Å². The van der Waals surface area contributed by atoms with Gasteiger partial charge in [-0.15, -0.1) is 77.5 Å². The van der Waals surface area contributed by atoms with Crippen LogP contribution in [-0.2, 0) is 29.2 Å². The number of rotatable bonds is 3. The van der Waals surface area contributed by atoms with Crippen molar-refractivity contribution in [3.63, 3.8) is 0 Å². The molecular weight excluding hydrogens is 437 g/mol. The van der Waals surface area contributed by atoms with Gasteiger partial charge in [0.2, 0.25) is 0 Å². The minimum Gasteiger partial charge on any atom is -0.261 e. The second-order valence-corrected chi connectivity index (χ2v) is 7.20. The SMILES string of the molecule is CC(C)(Cc1ccccn1)[c-]1ccc2ccccc21.Cl.Cl.[CH2-]c1ccccc1.[Cr+2]. The number of aromatic nitrogens is 1. The Balaban J connectivity index is 0.000000677. The first-order valence-electron chi connectivity index (χ1n) is 8.98. The van der Waals surface area contributed by atoms with Gasteiger partial charge >= 0.3 is 17.4 Å². The molecule has 4 rings (SSSR count). The van der Waals surface area contributed by atoms with Crippen molar-refractivity contribution in [2.75, 3.05) is 0 Å². The van der Waals surface area contributed by atoms with Crippen LogP contribution in [0.2, 0.25) is 0 Å². The molecule has 4 heteroatoms. The van der Waals surface area contributed by atoms with Gasteiger partial charge in [-0.25, -0.2) is 0 Å². The Bertz CT molecular complexity index is 950. The van der Waals surface area contributed by atoms with Crippen LogP contribution in [0, 0.1) is 6.92 Å². The number of pyridine rings is 1. The Labute approximate surface area is 197 Å². The maximum absolute atomic E-state index is 4.45. The van der Waals surface area contributed by atoms with E-state index in [0.717, 1.165) is 17.7 Å². The standard InChI is InChI=1S/C18H18N.C7H7.2ClH.Cr/c1-18(2,13-15-8-5-6-12-19-15)17-11-10-14-7-3-4-9-16(14)17;1-7-5-3-2-4-6-7;;;/h3-12H,13H2,1-2H3;2-6H,1H2;2*1H;/q2*-1;;;+2. The van der Waals surface area contributed by atoms with Gasteiger partial charge in [0.1, 0.15) is 0 Å². The predicted molar refractivity (Wildman–Crippen MR) is 126 cm³/mol. The molecule has 1 aromatic heterocycles. The molecule has 0 aliphatic heterocycles. The fraction of sp³-hybridized carbons (Fsp3) is 0.160. The summed E-state index contributed by atoms with van der Waals surface area (Å²) in [6.07, 6.45) is 2.83. The molecular formula is C25H27Cl2CrN. The van der Waals surface area contributed by atoms with Gasteiger partial charge in [0.15, 0.2) is 0 Å². The summed E-state index contributed by atoms with van der Waals surface area (Å²) in [5, 5.41) is 2.69. The van der Waals surface area contributed by atoms with E-state index in [9.17, 15) is 0 Å². The minimum absolute atomic E-state index is 0. The summed E-state index contributed by atoms with van der Waals surface area (Å²) in [5.74, 6) is 0. The average Bonchev–Trinajstić information content (AvgIpc) is 3.08. The van der Waals surface area contributed by atoms with Crippen molar-refractivity contribution in [3.8, 4) is 0 Å². The number of hydrogen-bond acceptors (Lipinski definition) is 1. The average molecular weight is 464 g/mol. The summed E-state index contributed by atoms with van der Waals surface area (Å²) in [6, 6.07) is 29.1. The number of halogens is 2. The molecule has 4 aromatic rings. The molecule has 29 heavy (non-hydrogen) atoms. The first kappa shape index (κ1) is 27.2. The monoisotopic (exact) mass is 463 g/mol. The van der Waals surface area contributed by atoms with Crippen LogP contribution in [0.15, 0.2) is 91.1 Å². The van der Waals surface area contributed by atoms with Crippen LogP contribution in [0.1, 0.15) is 30.7 Å². The molecule has 3 aromatic carbocycles. The second-order valence-electron chi connectivity index (χ2n) is 7.20. The summed E-state index contributed by atoms with van der Waals surface area (Å²) in [4.78, 5) is 4.45. The number of hydrogen-bond donors (Lipinski definition) is 0. The zero-order chi connectivity index (χ0) is 18.4. The Morgan fingerprint density at radius 1 is 0.828 bits per heavy atom. The van der Waals surface area contributed by atoms with Gasteiger partial charge in [-0.2, -0.15) is 30.7 Å². The van der Waals surface area contributed by atoms with Crippen LogP contribution in [0.3, 0.4) is 0 Å². The van der Waals surface area contributed by atoms with E-state index in [1.807, 2.05) is 42.6 Å². The van der Waals surface area contributed by atoms with Gasteiger partial charge < -0.3 is 0 Å². The molecule has 0 amide bonds. The topological polar surface area (TPSA) is 12.9 Å². The van der Waals surface area contributed by atoms with Crippen LogP contribution < -0.4 is 0 Å². The molecule has 0 bridgehead atoms. The summed E-state index contributed by atoms with van der Waals surface area (Å²) < 4.78 is 0. The van der Waals surface area contributed by atoms with Gasteiger partial charge in [-0.05, 0) is 24.0 Å². The van der Waals surface area contributed by atoms with E-state index < -0.39 is 0 Å². The molecule has 0 unspecified atom stereocenters. The normalized spacial score (nSPS) is 9.86. The number of nitrogens with zero attached hydrogens (tertiary/aromatic N) is 1. The van der Waals surface area contributed by atoms with Crippen LogP contribution in [0.5, 0.6) is 0 Å². The molecule has 1 heterocycles. The van der Waals surface area contributed by atoms with Gasteiger partial charge in [-0.1, -0.05) is 32.0 Å². The Morgan fingerprint density at radius 3 is 2.03 bits per heavy atom. The van der Waals surface area contributed by atoms with Gasteiger partial charge in [0.05, 0.1) is 0 Å². The van der Waals surface area contributed by atoms with Crippen molar-refractivity contribution in [2.45, 2.75) is 25.7 Å². The fourth-order valence-electron chi connectivity index (χ4n) is 3.27. The van der Waals surface area contributed by atoms with Crippen LogP contribution in [0.4, 0.5) is 0 Å². The van der Waals surface area contributed by atoms with E-state index in [1.54, 1.807) is 0 Å². The van der Waals surface area contributed by atoms with Crippen molar-refractivity contribution in [1.82, 2.24) is 4.98 Å². The molecule has 0 N–H and O–H groups in total. The summed E-state index contributed by atoms with van der Waals surface area (Å²) in [7, 11) is 0. The first-order valence-corrected chi connectivity index (χ1v) is 8.98. The van der Waals surface area contributed by atoms with Crippen molar-refractivity contribution >= 4 is 35.6 Å². The molecule has 0 aliphatic rings. The second kappa shape index (κ2) is 12.7. The van der Waals surface area contributed by atoms with Crippen molar-refractivity contribution in [2.24, 2.45) is 0 Å². The van der Waals surface area contributed by atoms with E-state index in [4.69, 9.17) is 0 Å². The maximum atomic E-state index is 4.45. The Kier molecular flexibility index (Phi) is 11.9. The molecule has 0 fully saturated rings. The van der Waals surface area contributed by atoms with Crippen molar-refractivity contribution in [1.29, 1.82) is 0 Å². The first-order chi connectivity index (χ1) is 12.6. The smallest absolute Gasteiger partial charge is 0.261 e. The molecule has 1 nitrogen and oxygen atoms in total. The van der Waals surface area contributed by atoms with E-state index >= 15 is 0 Å². The third kappa shape index (κ3) is 7.50. The largest absolute Gasteiger partial charge is 2.00 e. The van der Waals surface area contributed by atoms with Gasteiger partial charge in [-0.3, -0.25) is 4.98 Å². The molecule has 0 spiro atoms. The van der Waals surface area contributed by atoms with Crippen LogP contribution in [0.25, 0.3) is 10.8 Å². The molecule has 0 aliphatic carbocycles. The fourth-order valence-corrected chi connectivity index (χ4v) is 3.27. The van der Waals surface area contributed by atoms with Crippen molar-refractivity contribution < 1.29 is 17.4 Å². The molecule has 0 atom stereocenters.